The van der Waals surface area contributed by atoms with Gasteiger partial charge in [-0.2, -0.15) is 0 Å². The van der Waals surface area contributed by atoms with Crippen molar-refractivity contribution in [2.24, 2.45) is 5.92 Å². The number of halogens is 1. The van der Waals surface area contributed by atoms with Crippen molar-refractivity contribution < 1.29 is 9.90 Å². The van der Waals surface area contributed by atoms with E-state index < -0.39 is 10.8 Å². The zero-order valence-corrected chi connectivity index (χ0v) is 7.75. The average molecular weight is 219 g/mol. The predicted octanol–water partition coefficient (Wildman–Crippen LogP) is 2.19. The molecular formula is C8H11BrO2. The van der Waals surface area contributed by atoms with Crippen molar-refractivity contribution in [3.05, 3.63) is 12.2 Å². The molecule has 2 atom stereocenters. The molecule has 0 amide bonds. The molecule has 1 aliphatic rings. The summed E-state index contributed by atoms with van der Waals surface area (Å²) in [6.07, 6.45) is 7.24. The molecule has 1 aliphatic carbocycles. The van der Waals surface area contributed by atoms with Crippen molar-refractivity contribution in [1.29, 1.82) is 0 Å². The summed E-state index contributed by atoms with van der Waals surface area (Å²) >= 11 is 3.15. The van der Waals surface area contributed by atoms with Gasteiger partial charge in [-0.15, -0.1) is 0 Å². The SMILES string of the molecule is O=C(O)C(Br)C1C=CCCC1. The summed E-state index contributed by atoms with van der Waals surface area (Å²) in [5.74, 6) is -0.581. The Morgan fingerprint density at radius 2 is 2.45 bits per heavy atom. The lowest BCUT2D eigenvalue weighted by Crippen LogP contribution is -2.23. The molecule has 0 aromatic carbocycles. The van der Waals surface area contributed by atoms with E-state index in [4.69, 9.17) is 5.11 Å². The Labute approximate surface area is 74.4 Å². The number of aliphatic carboxylic acids is 1. The zero-order chi connectivity index (χ0) is 8.27. The van der Waals surface area contributed by atoms with Crippen LogP contribution in [0.15, 0.2) is 12.2 Å². The van der Waals surface area contributed by atoms with E-state index in [0.29, 0.717) is 0 Å². The summed E-state index contributed by atoms with van der Waals surface area (Å²) < 4.78 is 0. The summed E-state index contributed by atoms with van der Waals surface area (Å²) in [5.41, 5.74) is 0. The van der Waals surface area contributed by atoms with Crippen molar-refractivity contribution >= 4 is 21.9 Å². The molecular weight excluding hydrogens is 208 g/mol. The van der Waals surface area contributed by atoms with Gasteiger partial charge >= 0.3 is 5.97 Å². The highest BCUT2D eigenvalue weighted by molar-refractivity contribution is 9.10. The van der Waals surface area contributed by atoms with E-state index in [0.717, 1.165) is 19.3 Å². The van der Waals surface area contributed by atoms with Crippen molar-refractivity contribution in [2.75, 3.05) is 0 Å². The maximum absolute atomic E-state index is 10.5. The summed E-state index contributed by atoms with van der Waals surface area (Å²) in [5, 5.41) is 8.65. The summed E-state index contributed by atoms with van der Waals surface area (Å²) in [6, 6.07) is 0. The Balaban J connectivity index is 2.52. The Morgan fingerprint density at radius 3 is 2.91 bits per heavy atom. The van der Waals surface area contributed by atoms with E-state index >= 15 is 0 Å². The third-order valence-corrected chi connectivity index (χ3v) is 2.97. The van der Waals surface area contributed by atoms with Gasteiger partial charge in [-0.3, -0.25) is 4.79 Å². The maximum atomic E-state index is 10.5. The van der Waals surface area contributed by atoms with Gasteiger partial charge in [0, 0.05) is 0 Å². The number of carbonyl (C=O) groups is 1. The molecule has 3 heteroatoms. The number of rotatable bonds is 2. The Kier molecular flexibility index (Phi) is 3.12. The first-order valence-corrected chi connectivity index (χ1v) is 4.67. The molecule has 0 heterocycles. The fourth-order valence-corrected chi connectivity index (χ4v) is 1.71. The molecule has 0 saturated heterocycles. The lowest BCUT2D eigenvalue weighted by molar-refractivity contribution is -0.136. The molecule has 0 fully saturated rings. The first kappa shape index (κ1) is 8.78. The van der Waals surface area contributed by atoms with Crippen molar-refractivity contribution in [3.8, 4) is 0 Å². The first-order chi connectivity index (χ1) is 5.22. The first-order valence-electron chi connectivity index (χ1n) is 3.75. The average Bonchev–Trinajstić information content (AvgIpc) is 2.05. The highest BCUT2D eigenvalue weighted by Crippen LogP contribution is 2.24. The topological polar surface area (TPSA) is 37.3 Å². The van der Waals surface area contributed by atoms with Crippen LogP contribution in [0.5, 0.6) is 0 Å². The number of carboxylic acids is 1. The number of hydrogen-bond donors (Lipinski definition) is 1. The van der Waals surface area contributed by atoms with Gasteiger partial charge in [0.15, 0.2) is 0 Å². The van der Waals surface area contributed by atoms with E-state index in [1.165, 1.54) is 0 Å². The number of carboxylic acid groups (broad SMARTS) is 1. The fraction of sp³-hybridized carbons (Fsp3) is 0.625. The molecule has 62 valence electrons. The van der Waals surface area contributed by atoms with Gasteiger partial charge in [-0.25, -0.2) is 0 Å². The largest absolute Gasteiger partial charge is 0.480 e. The van der Waals surface area contributed by atoms with E-state index in [-0.39, 0.29) is 5.92 Å². The second-order valence-corrected chi connectivity index (χ2v) is 3.75. The molecule has 0 aromatic heterocycles. The fourth-order valence-electron chi connectivity index (χ4n) is 1.27. The maximum Gasteiger partial charge on any atom is 0.317 e. The van der Waals surface area contributed by atoms with Crippen LogP contribution in [-0.2, 0) is 4.79 Å². The molecule has 0 spiro atoms. The van der Waals surface area contributed by atoms with Crippen molar-refractivity contribution in [2.45, 2.75) is 24.1 Å². The minimum absolute atomic E-state index is 0.182. The van der Waals surface area contributed by atoms with Gasteiger partial charge in [-0.05, 0) is 25.2 Å². The van der Waals surface area contributed by atoms with Crippen LogP contribution in [-0.4, -0.2) is 15.9 Å². The summed E-state index contributed by atoms with van der Waals surface area (Å²) in [7, 11) is 0. The smallest absolute Gasteiger partial charge is 0.317 e. The van der Waals surface area contributed by atoms with Crippen LogP contribution in [0.2, 0.25) is 0 Å². The zero-order valence-electron chi connectivity index (χ0n) is 6.16. The van der Waals surface area contributed by atoms with Crippen LogP contribution in [0.1, 0.15) is 19.3 Å². The Morgan fingerprint density at radius 1 is 1.73 bits per heavy atom. The minimum Gasteiger partial charge on any atom is -0.480 e. The van der Waals surface area contributed by atoms with Crippen LogP contribution < -0.4 is 0 Å². The summed E-state index contributed by atoms with van der Waals surface area (Å²) in [6.45, 7) is 0. The minimum atomic E-state index is -0.762. The van der Waals surface area contributed by atoms with Gasteiger partial charge in [0.2, 0.25) is 0 Å². The monoisotopic (exact) mass is 218 g/mol. The quantitative estimate of drug-likeness (QED) is 0.570. The van der Waals surface area contributed by atoms with Crippen LogP contribution in [0.4, 0.5) is 0 Å². The highest BCUT2D eigenvalue weighted by Gasteiger charge is 2.23. The van der Waals surface area contributed by atoms with E-state index in [1.54, 1.807) is 0 Å². The van der Waals surface area contributed by atoms with Crippen molar-refractivity contribution in [3.63, 3.8) is 0 Å². The third-order valence-electron chi connectivity index (χ3n) is 1.90. The number of allylic oxidation sites excluding steroid dienone is 2. The van der Waals surface area contributed by atoms with Gasteiger partial charge in [0.1, 0.15) is 4.83 Å². The molecule has 1 rings (SSSR count). The Bertz CT molecular complexity index is 177. The van der Waals surface area contributed by atoms with Gasteiger partial charge in [0.05, 0.1) is 0 Å². The molecule has 0 bridgehead atoms. The predicted molar refractivity (Wildman–Crippen MR) is 46.8 cm³/mol. The molecule has 0 aromatic rings. The molecule has 0 aliphatic heterocycles. The van der Waals surface area contributed by atoms with E-state index in [2.05, 4.69) is 22.0 Å². The third kappa shape index (κ3) is 2.33. The lowest BCUT2D eigenvalue weighted by atomic mass is 9.93. The van der Waals surface area contributed by atoms with Crippen molar-refractivity contribution in [1.82, 2.24) is 0 Å². The van der Waals surface area contributed by atoms with Crippen LogP contribution >= 0.6 is 15.9 Å². The normalized spacial score (nSPS) is 26.5. The van der Waals surface area contributed by atoms with Crippen LogP contribution in [0.25, 0.3) is 0 Å². The highest BCUT2D eigenvalue weighted by atomic mass is 79.9. The van der Waals surface area contributed by atoms with Gasteiger partial charge in [-0.1, -0.05) is 28.1 Å². The van der Waals surface area contributed by atoms with Gasteiger partial charge < -0.3 is 5.11 Å². The molecule has 0 saturated carbocycles. The summed E-state index contributed by atoms with van der Waals surface area (Å²) in [4.78, 5) is 10.1. The van der Waals surface area contributed by atoms with E-state index in [9.17, 15) is 4.79 Å². The molecule has 0 radical (unpaired) electrons. The van der Waals surface area contributed by atoms with Crippen LogP contribution in [0.3, 0.4) is 0 Å². The number of hydrogen-bond acceptors (Lipinski definition) is 1. The van der Waals surface area contributed by atoms with E-state index in [1.807, 2.05) is 6.08 Å². The second kappa shape index (κ2) is 3.90. The standard InChI is InChI=1S/C8H11BrO2/c9-7(8(10)11)6-4-2-1-3-5-6/h2,4,6-7H,1,3,5H2,(H,10,11). The Hall–Kier alpha value is -0.310. The molecule has 2 unspecified atom stereocenters. The molecule has 11 heavy (non-hydrogen) atoms. The number of alkyl halides is 1. The van der Waals surface area contributed by atoms with Crippen LogP contribution in [0, 0.1) is 5.92 Å². The lowest BCUT2D eigenvalue weighted by Gasteiger charge is -2.18. The molecule has 2 nitrogen and oxygen atoms in total. The molecule has 1 N–H and O–H groups in total. The second-order valence-electron chi connectivity index (χ2n) is 2.76. The van der Waals surface area contributed by atoms with Gasteiger partial charge in [0.25, 0.3) is 0 Å².